The molecule has 0 saturated heterocycles. The van der Waals surface area contributed by atoms with Gasteiger partial charge in [-0.1, -0.05) is 62.0 Å². The van der Waals surface area contributed by atoms with Crippen LogP contribution in [0.4, 0.5) is 4.79 Å². The maximum Gasteiger partial charge on any atom is 0.338 e. The van der Waals surface area contributed by atoms with Crippen LogP contribution in [0.3, 0.4) is 0 Å². The number of benzene rings is 2. The van der Waals surface area contributed by atoms with Gasteiger partial charge >= 0.3 is 6.03 Å². The van der Waals surface area contributed by atoms with E-state index in [4.69, 9.17) is 5.73 Å². The molecule has 5 nitrogen and oxygen atoms in total. The van der Waals surface area contributed by atoms with Crippen molar-refractivity contribution in [3.05, 3.63) is 60.8 Å². The molecule has 0 aliphatic carbocycles. The van der Waals surface area contributed by atoms with Crippen molar-refractivity contribution in [1.29, 1.82) is 0 Å². The Balaban J connectivity index is 1.94. The number of fused-ring (bicyclic) bond motifs is 1. The van der Waals surface area contributed by atoms with Gasteiger partial charge in [0.15, 0.2) is 0 Å². The molecule has 142 valence electrons. The number of aromatic nitrogens is 1. The summed E-state index contributed by atoms with van der Waals surface area (Å²) in [6.45, 7) is 4.60. The molecule has 0 fully saturated rings. The van der Waals surface area contributed by atoms with E-state index >= 15 is 0 Å². The number of urea groups is 1. The Morgan fingerprint density at radius 2 is 1.81 bits per heavy atom. The summed E-state index contributed by atoms with van der Waals surface area (Å²) in [5, 5.41) is 12.0. The fraction of sp³-hybridized carbons (Fsp3) is 0.286. The lowest BCUT2D eigenvalue weighted by Gasteiger charge is -2.26. The summed E-state index contributed by atoms with van der Waals surface area (Å²) in [4.78, 5) is 13.8. The lowest BCUT2D eigenvalue weighted by molar-refractivity contribution is -0.0840. The van der Waals surface area contributed by atoms with Crippen molar-refractivity contribution in [3.63, 3.8) is 0 Å². The lowest BCUT2D eigenvalue weighted by atomic mass is 10.0. The molecule has 0 aliphatic heterocycles. The van der Waals surface area contributed by atoms with E-state index in [0.717, 1.165) is 15.8 Å². The highest BCUT2D eigenvalue weighted by Gasteiger charge is 2.23. The summed E-state index contributed by atoms with van der Waals surface area (Å²) in [6.07, 6.45) is 2.75. The van der Waals surface area contributed by atoms with Crippen molar-refractivity contribution in [2.75, 3.05) is 0 Å². The van der Waals surface area contributed by atoms with Crippen LogP contribution in [0.5, 0.6) is 0 Å². The maximum atomic E-state index is 11.5. The van der Waals surface area contributed by atoms with Crippen molar-refractivity contribution in [2.24, 2.45) is 11.7 Å². The Morgan fingerprint density at radius 3 is 2.48 bits per heavy atom. The maximum absolute atomic E-state index is 11.5. The van der Waals surface area contributed by atoms with Crippen LogP contribution in [0.1, 0.15) is 20.3 Å². The molecule has 2 aromatic carbocycles. The molecule has 0 saturated carbocycles. The van der Waals surface area contributed by atoms with Crippen LogP contribution in [0.2, 0.25) is 0 Å². The summed E-state index contributed by atoms with van der Waals surface area (Å²) in [5.74, 6) is 0.323. The average Bonchev–Trinajstić information content (AvgIpc) is 2.98. The molecule has 1 aromatic heterocycles. The van der Waals surface area contributed by atoms with Gasteiger partial charge in [-0.2, -0.15) is 0 Å². The van der Waals surface area contributed by atoms with Gasteiger partial charge in [0.2, 0.25) is 0 Å². The van der Waals surface area contributed by atoms with Crippen LogP contribution in [0.25, 0.3) is 10.9 Å². The van der Waals surface area contributed by atoms with Crippen molar-refractivity contribution in [3.8, 4) is 0 Å². The average molecular weight is 384 g/mol. The SMILES string of the molecule is CC(C)CC(Cn1cc(Sc2ccccc2)c2ccccc21)N(O)C(N)=O. The summed E-state index contributed by atoms with van der Waals surface area (Å²) in [7, 11) is 0. The number of para-hydroxylation sites is 1. The highest BCUT2D eigenvalue weighted by Crippen LogP contribution is 2.35. The van der Waals surface area contributed by atoms with E-state index in [0.29, 0.717) is 23.9 Å². The number of amides is 2. The fourth-order valence-corrected chi connectivity index (χ4v) is 4.27. The van der Waals surface area contributed by atoms with Gasteiger partial charge in [0.25, 0.3) is 0 Å². The van der Waals surface area contributed by atoms with Crippen LogP contribution in [0.15, 0.2) is 70.6 Å². The van der Waals surface area contributed by atoms with Gasteiger partial charge < -0.3 is 10.3 Å². The molecule has 0 aliphatic rings. The second-order valence-corrected chi connectivity index (χ2v) is 8.16. The van der Waals surface area contributed by atoms with Gasteiger partial charge in [-0.15, -0.1) is 0 Å². The minimum atomic E-state index is -0.823. The van der Waals surface area contributed by atoms with E-state index in [2.05, 4.69) is 48.9 Å². The zero-order valence-corrected chi connectivity index (χ0v) is 16.4. The number of carbonyl (C=O) groups excluding carboxylic acids is 1. The summed E-state index contributed by atoms with van der Waals surface area (Å²) in [5.41, 5.74) is 6.38. The number of rotatable bonds is 7. The van der Waals surface area contributed by atoms with Crippen LogP contribution >= 0.6 is 11.8 Å². The third-order valence-corrected chi connectivity index (χ3v) is 5.50. The number of hydrogen-bond donors (Lipinski definition) is 2. The smallest absolute Gasteiger partial charge is 0.338 e. The third kappa shape index (κ3) is 4.64. The van der Waals surface area contributed by atoms with Gasteiger partial charge in [0, 0.05) is 33.4 Å². The molecule has 1 unspecified atom stereocenters. The number of nitrogens with two attached hydrogens (primary N) is 1. The summed E-state index contributed by atoms with van der Waals surface area (Å²) in [6, 6.07) is 17.2. The highest BCUT2D eigenvalue weighted by molar-refractivity contribution is 7.99. The van der Waals surface area contributed by atoms with Gasteiger partial charge in [0.05, 0.1) is 6.04 Å². The van der Waals surface area contributed by atoms with E-state index in [1.54, 1.807) is 11.8 Å². The Hall–Kier alpha value is -2.44. The van der Waals surface area contributed by atoms with Gasteiger partial charge in [-0.05, 0) is 30.5 Å². The van der Waals surface area contributed by atoms with Crippen molar-refractivity contribution >= 4 is 28.7 Å². The van der Waals surface area contributed by atoms with Crippen molar-refractivity contribution in [2.45, 2.75) is 42.6 Å². The number of hydroxylamine groups is 2. The molecular weight excluding hydrogens is 358 g/mol. The Labute approximate surface area is 163 Å². The minimum absolute atomic E-state index is 0.323. The fourth-order valence-electron chi connectivity index (χ4n) is 3.26. The molecule has 3 aromatic rings. The first-order valence-corrected chi connectivity index (χ1v) is 9.85. The normalized spacial score (nSPS) is 12.4. The third-order valence-electron chi connectivity index (χ3n) is 4.45. The molecule has 6 heteroatoms. The topological polar surface area (TPSA) is 71.5 Å². The second kappa shape index (κ2) is 8.50. The lowest BCUT2D eigenvalue weighted by Crippen LogP contribution is -2.43. The number of nitrogens with zero attached hydrogens (tertiary/aromatic N) is 2. The first kappa shape index (κ1) is 19.3. The van der Waals surface area contributed by atoms with Crippen molar-refractivity contribution < 1.29 is 10.0 Å². The molecule has 1 atom stereocenters. The molecule has 3 rings (SSSR count). The quantitative estimate of drug-likeness (QED) is 0.447. The monoisotopic (exact) mass is 383 g/mol. The predicted octanol–water partition coefficient (Wildman–Crippen LogP) is 4.98. The molecule has 27 heavy (non-hydrogen) atoms. The number of hydrogen-bond acceptors (Lipinski definition) is 3. The van der Waals surface area contributed by atoms with Crippen LogP contribution in [-0.2, 0) is 6.54 Å². The zero-order valence-electron chi connectivity index (χ0n) is 15.6. The second-order valence-electron chi connectivity index (χ2n) is 7.04. The van der Waals surface area contributed by atoms with E-state index in [9.17, 15) is 10.0 Å². The summed E-state index contributed by atoms with van der Waals surface area (Å²) < 4.78 is 2.10. The Morgan fingerprint density at radius 1 is 1.15 bits per heavy atom. The molecule has 2 amide bonds. The molecule has 1 heterocycles. The van der Waals surface area contributed by atoms with Gasteiger partial charge in [-0.3, -0.25) is 5.21 Å². The highest BCUT2D eigenvalue weighted by atomic mass is 32.2. The first-order valence-electron chi connectivity index (χ1n) is 9.04. The van der Waals surface area contributed by atoms with Crippen LogP contribution in [-0.4, -0.2) is 26.9 Å². The largest absolute Gasteiger partial charge is 0.350 e. The standard InChI is InChI=1S/C21H25N3O2S/c1-15(2)12-16(24(26)21(22)25)13-23-14-20(18-10-6-7-11-19(18)23)27-17-8-4-3-5-9-17/h3-11,14-16,26H,12-13H2,1-2H3,(H2,22,25). The van der Waals surface area contributed by atoms with Crippen LogP contribution < -0.4 is 5.73 Å². The van der Waals surface area contributed by atoms with E-state index in [1.165, 1.54) is 4.90 Å². The summed E-state index contributed by atoms with van der Waals surface area (Å²) >= 11 is 1.71. The zero-order chi connectivity index (χ0) is 19.4. The van der Waals surface area contributed by atoms with E-state index in [1.807, 2.05) is 30.3 Å². The molecule has 0 spiro atoms. The van der Waals surface area contributed by atoms with E-state index in [-0.39, 0.29) is 6.04 Å². The predicted molar refractivity (Wildman–Crippen MR) is 109 cm³/mol. The van der Waals surface area contributed by atoms with Gasteiger partial charge in [-0.25, -0.2) is 9.86 Å². The Kier molecular flexibility index (Phi) is 6.08. The van der Waals surface area contributed by atoms with Crippen LogP contribution in [0, 0.1) is 5.92 Å². The van der Waals surface area contributed by atoms with E-state index < -0.39 is 6.03 Å². The molecule has 0 radical (unpaired) electrons. The number of carbonyl (C=O) groups is 1. The van der Waals surface area contributed by atoms with Crippen molar-refractivity contribution in [1.82, 2.24) is 9.63 Å². The Bertz CT molecular complexity index is 908. The molecule has 0 bridgehead atoms. The molecular formula is C21H25N3O2S. The molecule has 3 N–H and O–H groups in total. The first-order chi connectivity index (χ1) is 13.0. The van der Waals surface area contributed by atoms with Gasteiger partial charge in [0.1, 0.15) is 0 Å². The number of primary amides is 1. The minimum Gasteiger partial charge on any atom is -0.350 e.